The Morgan fingerprint density at radius 1 is 0.959 bits per heavy atom. The second-order valence-electron chi connectivity index (χ2n) is 23.4. The van der Waals surface area contributed by atoms with Crippen LogP contribution in [0.3, 0.4) is 0 Å². The Balaban J connectivity index is 1.09. The summed E-state index contributed by atoms with van der Waals surface area (Å²) in [5.41, 5.74) is 13.5. The van der Waals surface area contributed by atoms with Gasteiger partial charge in [0.25, 0.3) is 0 Å². The summed E-state index contributed by atoms with van der Waals surface area (Å²) < 4.78 is 32.3. The third kappa shape index (κ3) is 10.4. The largest absolute Gasteiger partial charge is 0.508 e. The molecule has 9 bridgehead atoms. The number of guanidine groups is 1. The van der Waals surface area contributed by atoms with Gasteiger partial charge in [-0.25, -0.2) is 0 Å². The van der Waals surface area contributed by atoms with Crippen molar-refractivity contribution in [1.29, 1.82) is 0 Å². The van der Waals surface area contributed by atoms with E-state index in [4.69, 9.17) is 34.4 Å². The molecule has 1 spiro atoms. The number of benzene rings is 3. The maximum absolute atomic E-state index is 12.5. The van der Waals surface area contributed by atoms with E-state index in [0.29, 0.717) is 111 Å². The van der Waals surface area contributed by atoms with Crippen LogP contribution in [0.25, 0.3) is 11.1 Å². The number of hydrogen-bond acceptors (Lipinski definition) is 12. The second-order valence-corrected chi connectivity index (χ2v) is 23.4. The van der Waals surface area contributed by atoms with Crippen LogP contribution in [0.1, 0.15) is 138 Å². The van der Waals surface area contributed by atoms with E-state index in [9.17, 15) is 20.4 Å². The molecule has 4 aliphatic carbocycles. The summed E-state index contributed by atoms with van der Waals surface area (Å²) in [4.78, 5) is 5.07. The lowest BCUT2D eigenvalue weighted by Crippen LogP contribution is -2.46. The van der Waals surface area contributed by atoms with Crippen molar-refractivity contribution in [3.05, 3.63) is 76.4 Å². The van der Waals surface area contributed by atoms with Gasteiger partial charge < -0.3 is 55.2 Å². The zero-order valence-corrected chi connectivity index (χ0v) is 43.9. The second kappa shape index (κ2) is 22.1. The highest BCUT2D eigenvalue weighted by molar-refractivity contribution is 5.84. The predicted octanol–water partition coefficient (Wildman–Crippen LogP) is 9.56. The molecule has 10 aliphatic rings. The van der Waals surface area contributed by atoms with E-state index in [1.54, 1.807) is 14.2 Å². The van der Waals surface area contributed by atoms with Crippen molar-refractivity contribution in [1.82, 2.24) is 5.32 Å². The molecular formula is C61H81N3O9. The lowest BCUT2D eigenvalue weighted by Gasteiger charge is -2.43. The topological polar surface area (TPSA) is 177 Å². The van der Waals surface area contributed by atoms with Gasteiger partial charge in [0.1, 0.15) is 35.6 Å². The Labute approximate surface area is 433 Å². The first-order chi connectivity index (χ1) is 35.4. The van der Waals surface area contributed by atoms with Crippen LogP contribution in [0, 0.1) is 64.8 Å². The average molecular weight is 1000 g/mol. The number of phenols is 1. The molecule has 12 nitrogen and oxygen atoms in total. The molecule has 2 saturated carbocycles. The summed E-state index contributed by atoms with van der Waals surface area (Å²) >= 11 is 0. The van der Waals surface area contributed by atoms with E-state index in [-0.39, 0.29) is 53.6 Å². The number of nitrogens with two attached hydrogens (primary N) is 1. The maximum atomic E-state index is 12.5. The van der Waals surface area contributed by atoms with Gasteiger partial charge in [0.05, 0.1) is 19.3 Å². The summed E-state index contributed by atoms with van der Waals surface area (Å²) in [5.74, 6) is 7.94. The van der Waals surface area contributed by atoms with E-state index < -0.39 is 18.3 Å². The molecule has 0 aromatic heterocycles. The Morgan fingerprint density at radius 2 is 1.81 bits per heavy atom. The SMILES string of the molecule is CC[C@H]1C[C@@H]2C=C[C@H]1C[C@@H](O)C[C@]1(CCC[C@@H]1CCOC)CN=C(N)NCC[C@@H]1[C@H](CO)CC[C@H]3CC#COc4ccc(cc4O[C@H]31)[C@@H]1Oc3cc(OC)c4c(c3C[C@H]1O)[C@H]2Cc1cc(O)c(CC(C)C)cc1-4. The fourth-order valence-electron chi connectivity index (χ4n) is 14.9. The number of aliphatic imine (C=N–C) groups is 1. The quantitative estimate of drug-likeness (QED) is 0.0936. The first kappa shape index (κ1) is 51.6. The summed E-state index contributed by atoms with van der Waals surface area (Å²) in [6, 6.07) is 11.9. The standard InChI is InChI=1S/C61H81N3O9/c1-6-36-24-39-13-12-38(36)25-45(66)32-61(19-7-10-44(61)18-22-69-4)34-64-60(62)63-20-17-46-41(33-65)14-11-37-9-8-21-71-52-16-15-40(29-54(52)73-58(37)46)59-51(68)30-49-53(72-59)31-55(70-5)57-48-27-43(23-35(2)3)50(67)28-42(48)26-47(39)56(49)57/h12-13,15-16,27-29,31,35-39,41,44-47,51,58-59,65-68H,6-7,9-11,14,17-20,22-26,30,32-34H2,1-5H3,(H3,62,63,64)/t36-,37+,38-,39-,41-,44+,45+,46+,47-,51+,58+,59-,61+/m0/s1. The fourth-order valence-corrected chi connectivity index (χ4v) is 14.9. The molecule has 0 saturated heterocycles. The van der Waals surface area contributed by atoms with Gasteiger partial charge >= 0.3 is 0 Å². The Bertz CT molecular complexity index is 2580. The monoisotopic (exact) mass is 1000 g/mol. The fraction of sp³-hybridized carbons (Fsp3) is 0.623. The van der Waals surface area contributed by atoms with Crippen LogP contribution >= 0.6 is 0 Å². The van der Waals surface area contributed by atoms with Crippen LogP contribution in [0.15, 0.2) is 53.5 Å². The Morgan fingerprint density at radius 3 is 2.60 bits per heavy atom. The number of methoxy groups -OCH3 is 2. The average Bonchev–Trinajstić information content (AvgIpc) is 3.80. The van der Waals surface area contributed by atoms with Crippen LogP contribution in [0.4, 0.5) is 0 Å². The molecule has 73 heavy (non-hydrogen) atoms. The van der Waals surface area contributed by atoms with Crippen molar-refractivity contribution >= 4 is 5.96 Å². The third-order valence-electron chi connectivity index (χ3n) is 18.6. The normalized spacial score (nSPS) is 32.7. The zero-order chi connectivity index (χ0) is 51.0. The minimum atomic E-state index is -0.891. The number of ether oxygens (including phenoxy) is 5. The van der Waals surface area contributed by atoms with E-state index in [2.05, 4.69) is 56.3 Å². The highest BCUT2D eigenvalue weighted by Gasteiger charge is 2.47. The van der Waals surface area contributed by atoms with Crippen LogP contribution in [0.5, 0.6) is 28.7 Å². The number of aliphatic hydroxyl groups is 3. The van der Waals surface area contributed by atoms with Crippen molar-refractivity contribution in [2.75, 3.05) is 40.5 Å². The maximum Gasteiger partial charge on any atom is 0.188 e. The highest BCUT2D eigenvalue weighted by atomic mass is 16.5. The van der Waals surface area contributed by atoms with Crippen molar-refractivity contribution < 1.29 is 44.1 Å². The zero-order valence-electron chi connectivity index (χ0n) is 43.9. The molecule has 2 fully saturated rings. The molecule has 394 valence electrons. The van der Waals surface area contributed by atoms with Gasteiger partial charge in [-0.2, -0.15) is 0 Å². The van der Waals surface area contributed by atoms with Gasteiger partial charge in [-0.05, 0) is 170 Å². The molecule has 0 radical (unpaired) electrons. The molecule has 13 atom stereocenters. The van der Waals surface area contributed by atoms with Gasteiger partial charge in [0, 0.05) is 75.3 Å². The molecule has 6 aliphatic heterocycles. The number of aromatic hydroxyl groups is 1. The Kier molecular flexibility index (Phi) is 15.6. The van der Waals surface area contributed by atoms with Gasteiger partial charge in [0.15, 0.2) is 17.5 Å². The molecular weight excluding hydrogens is 919 g/mol. The summed E-state index contributed by atoms with van der Waals surface area (Å²) in [5, 5.41) is 50.6. The van der Waals surface area contributed by atoms with Gasteiger partial charge in [-0.3, -0.25) is 4.99 Å². The molecule has 13 rings (SSSR count). The molecule has 12 heteroatoms. The number of fused-ring (bicyclic) bond motifs is 2. The van der Waals surface area contributed by atoms with Crippen molar-refractivity contribution in [2.45, 2.75) is 147 Å². The van der Waals surface area contributed by atoms with E-state index in [1.165, 1.54) is 0 Å². The van der Waals surface area contributed by atoms with Crippen LogP contribution in [-0.4, -0.2) is 85.2 Å². The lowest BCUT2D eigenvalue weighted by molar-refractivity contribution is -0.0162. The van der Waals surface area contributed by atoms with E-state index in [0.717, 1.165) is 96.7 Å². The first-order valence-corrected chi connectivity index (χ1v) is 27.8. The highest BCUT2D eigenvalue weighted by Crippen LogP contribution is 2.57. The molecule has 0 amide bonds. The van der Waals surface area contributed by atoms with Crippen LogP contribution < -0.4 is 30.0 Å². The molecule has 7 N–H and O–H groups in total. The molecule has 6 heterocycles. The number of nitrogens with one attached hydrogen (secondary N) is 1. The van der Waals surface area contributed by atoms with E-state index in [1.807, 2.05) is 30.3 Å². The first-order valence-electron chi connectivity index (χ1n) is 27.8. The molecule has 3 aromatic rings. The van der Waals surface area contributed by atoms with E-state index >= 15 is 0 Å². The van der Waals surface area contributed by atoms with Crippen LogP contribution in [-0.2, 0) is 24.0 Å². The van der Waals surface area contributed by atoms with Crippen molar-refractivity contribution in [3.63, 3.8) is 0 Å². The van der Waals surface area contributed by atoms with Gasteiger partial charge in [-0.1, -0.05) is 57.8 Å². The van der Waals surface area contributed by atoms with Crippen molar-refractivity contribution in [2.24, 2.45) is 63.5 Å². The summed E-state index contributed by atoms with van der Waals surface area (Å²) in [6.45, 7) is 8.43. The number of rotatable bonds is 8. The number of hydrogen-bond donors (Lipinski definition) is 6. The number of allylic oxidation sites excluding steroid dienone is 2. The summed E-state index contributed by atoms with van der Waals surface area (Å²) in [6.07, 6.45) is 17.5. The third-order valence-corrected chi connectivity index (χ3v) is 18.6. The molecule has 3 aromatic carbocycles. The molecule has 0 unspecified atom stereocenters. The van der Waals surface area contributed by atoms with Crippen LogP contribution in [0.2, 0.25) is 0 Å². The number of phenolic OH excluding ortho intramolecular Hbond substituents is 1. The minimum absolute atomic E-state index is 0.00941. The summed E-state index contributed by atoms with van der Waals surface area (Å²) in [7, 11) is 3.49. The number of aliphatic hydroxyl groups excluding tert-OH is 3. The lowest BCUT2D eigenvalue weighted by atomic mass is 9.64. The van der Waals surface area contributed by atoms with Gasteiger partial charge in [0.2, 0.25) is 0 Å². The van der Waals surface area contributed by atoms with Gasteiger partial charge in [-0.15, -0.1) is 0 Å². The predicted molar refractivity (Wildman–Crippen MR) is 284 cm³/mol. The smallest absolute Gasteiger partial charge is 0.188 e. The number of nitrogens with zero attached hydrogens (tertiary/aromatic N) is 1. The minimum Gasteiger partial charge on any atom is -0.508 e. The Hall–Kier alpha value is -4.93. The van der Waals surface area contributed by atoms with Crippen molar-refractivity contribution in [3.8, 4) is 51.9 Å².